The zero-order valence-corrected chi connectivity index (χ0v) is 14.8. The lowest BCUT2D eigenvalue weighted by Gasteiger charge is -2.15. The van der Waals surface area contributed by atoms with Gasteiger partial charge in [0.1, 0.15) is 5.76 Å². The van der Waals surface area contributed by atoms with E-state index in [0.29, 0.717) is 6.42 Å². The first-order valence-corrected chi connectivity index (χ1v) is 8.96. The number of amides is 2. The van der Waals surface area contributed by atoms with Crippen molar-refractivity contribution >= 4 is 23.5 Å². The fourth-order valence-corrected chi connectivity index (χ4v) is 2.96. The number of hydrogen-bond acceptors (Lipinski definition) is 4. The molecule has 0 aliphatic carbocycles. The minimum Gasteiger partial charge on any atom is -0.361 e. The molecule has 2 N–H and O–H groups in total. The molecule has 2 rings (SSSR count). The number of nitrogens with one attached hydrogen (secondary N) is 2. The van der Waals surface area contributed by atoms with Gasteiger partial charge in [-0.25, -0.2) is 4.79 Å². The Morgan fingerprint density at radius 2 is 2.17 bits per heavy atom. The van der Waals surface area contributed by atoms with Crippen LogP contribution in [0.5, 0.6) is 0 Å². The van der Waals surface area contributed by atoms with Gasteiger partial charge in [0.15, 0.2) is 0 Å². The highest BCUT2D eigenvalue weighted by atomic mass is 32.2. The van der Waals surface area contributed by atoms with Crippen molar-refractivity contribution in [3.63, 3.8) is 0 Å². The van der Waals surface area contributed by atoms with Crippen molar-refractivity contribution in [1.82, 2.24) is 10.5 Å². The molecule has 1 heterocycles. The summed E-state index contributed by atoms with van der Waals surface area (Å²) in [6.07, 6.45) is 2.75. The zero-order chi connectivity index (χ0) is 16.8. The molecule has 0 saturated carbocycles. The molecule has 0 spiro atoms. The number of carbonyl (C=O) groups excluding carboxylic acids is 1. The number of aromatic nitrogens is 1. The second-order valence-electron chi connectivity index (χ2n) is 5.64. The number of hydrogen-bond donors (Lipinski definition) is 2. The molecule has 0 fully saturated rings. The van der Waals surface area contributed by atoms with Crippen LogP contribution in [0, 0.1) is 13.8 Å². The Kier molecular flexibility index (Phi) is 6.10. The average molecular weight is 333 g/mol. The molecule has 2 aromatic rings. The molecule has 5 nitrogen and oxygen atoms in total. The SMILES string of the molecule is CSCc1cccc(NC(=O)NC(C)Cc2c(C)noc2C)c1. The largest absolute Gasteiger partial charge is 0.361 e. The standard InChI is InChI=1S/C17H23N3O2S/c1-11(8-16-12(2)20-22-13(16)3)18-17(21)19-15-7-5-6-14(9-15)10-23-4/h5-7,9,11H,8,10H2,1-4H3,(H2,18,19,21). The number of rotatable bonds is 6. The quantitative estimate of drug-likeness (QED) is 0.841. The van der Waals surface area contributed by atoms with E-state index in [2.05, 4.69) is 28.1 Å². The van der Waals surface area contributed by atoms with Crippen LogP contribution in [0.2, 0.25) is 0 Å². The number of urea groups is 1. The highest BCUT2D eigenvalue weighted by molar-refractivity contribution is 7.97. The molecule has 0 aliphatic heterocycles. The van der Waals surface area contributed by atoms with Crippen LogP contribution in [-0.2, 0) is 12.2 Å². The monoisotopic (exact) mass is 333 g/mol. The predicted octanol–water partition coefficient (Wildman–Crippen LogP) is 3.91. The maximum atomic E-state index is 12.1. The fourth-order valence-electron chi connectivity index (χ4n) is 2.45. The van der Waals surface area contributed by atoms with Crippen LogP contribution >= 0.6 is 11.8 Å². The first-order valence-electron chi connectivity index (χ1n) is 7.56. The molecule has 124 valence electrons. The van der Waals surface area contributed by atoms with E-state index in [9.17, 15) is 4.79 Å². The molecule has 1 unspecified atom stereocenters. The molecule has 0 bridgehead atoms. The summed E-state index contributed by atoms with van der Waals surface area (Å²) in [7, 11) is 0. The summed E-state index contributed by atoms with van der Waals surface area (Å²) in [5.41, 5.74) is 3.93. The second kappa shape index (κ2) is 8.06. The van der Waals surface area contributed by atoms with E-state index in [0.717, 1.165) is 28.5 Å². The predicted molar refractivity (Wildman–Crippen MR) is 95.0 cm³/mol. The molecule has 0 aliphatic rings. The highest BCUT2D eigenvalue weighted by Crippen LogP contribution is 2.16. The molecule has 1 atom stereocenters. The van der Waals surface area contributed by atoms with Crippen LogP contribution in [0.3, 0.4) is 0 Å². The average Bonchev–Trinajstić information content (AvgIpc) is 2.79. The second-order valence-corrected chi connectivity index (χ2v) is 6.51. The third kappa shape index (κ3) is 5.03. The van der Waals surface area contributed by atoms with Gasteiger partial charge in [0.25, 0.3) is 0 Å². The Morgan fingerprint density at radius 1 is 1.39 bits per heavy atom. The number of anilines is 1. The Balaban J connectivity index is 1.90. The van der Waals surface area contributed by atoms with Crippen LogP contribution in [-0.4, -0.2) is 23.5 Å². The van der Waals surface area contributed by atoms with Crippen LogP contribution < -0.4 is 10.6 Å². The molecule has 1 aromatic heterocycles. The molecule has 0 saturated heterocycles. The maximum Gasteiger partial charge on any atom is 0.319 e. The minimum atomic E-state index is -0.203. The van der Waals surface area contributed by atoms with Crippen molar-refractivity contribution in [2.45, 2.75) is 39.0 Å². The maximum absolute atomic E-state index is 12.1. The third-order valence-corrected chi connectivity index (χ3v) is 4.19. The van der Waals surface area contributed by atoms with Gasteiger partial charge >= 0.3 is 6.03 Å². The Labute approximate surface area is 141 Å². The van der Waals surface area contributed by atoms with Gasteiger partial charge in [-0.2, -0.15) is 11.8 Å². The molecule has 2 amide bonds. The van der Waals surface area contributed by atoms with Crippen LogP contribution in [0.1, 0.15) is 29.5 Å². The molecule has 0 radical (unpaired) electrons. The smallest absolute Gasteiger partial charge is 0.319 e. The molecule has 6 heteroatoms. The third-order valence-electron chi connectivity index (χ3n) is 3.56. The topological polar surface area (TPSA) is 67.2 Å². The Morgan fingerprint density at radius 3 is 2.83 bits per heavy atom. The van der Waals surface area contributed by atoms with Gasteiger partial charge in [-0.05, 0) is 51.1 Å². The van der Waals surface area contributed by atoms with Crippen LogP contribution in [0.25, 0.3) is 0 Å². The van der Waals surface area contributed by atoms with Gasteiger partial charge in [0.05, 0.1) is 5.69 Å². The summed E-state index contributed by atoms with van der Waals surface area (Å²) in [5.74, 6) is 1.74. The van der Waals surface area contributed by atoms with Crippen LogP contribution in [0.4, 0.5) is 10.5 Å². The number of nitrogens with zero attached hydrogens (tertiary/aromatic N) is 1. The first kappa shape index (κ1) is 17.4. The Bertz CT molecular complexity index is 650. The lowest BCUT2D eigenvalue weighted by Crippen LogP contribution is -2.37. The van der Waals surface area contributed by atoms with E-state index in [1.165, 1.54) is 5.56 Å². The van der Waals surface area contributed by atoms with E-state index >= 15 is 0 Å². The van der Waals surface area contributed by atoms with E-state index in [1.807, 2.05) is 39.0 Å². The molecule has 1 aromatic carbocycles. The van der Waals surface area contributed by atoms with Crippen molar-refractivity contribution in [2.75, 3.05) is 11.6 Å². The summed E-state index contributed by atoms with van der Waals surface area (Å²) in [6, 6.07) is 7.68. The van der Waals surface area contributed by atoms with Gasteiger partial charge in [0.2, 0.25) is 0 Å². The van der Waals surface area contributed by atoms with Crippen molar-refractivity contribution in [1.29, 1.82) is 0 Å². The van der Waals surface area contributed by atoms with Crippen molar-refractivity contribution in [3.05, 3.63) is 46.8 Å². The molecular weight excluding hydrogens is 310 g/mol. The summed E-state index contributed by atoms with van der Waals surface area (Å²) >= 11 is 1.75. The van der Waals surface area contributed by atoms with Gasteiger partial charge < -0.3 is 15.2 Å². The van der Waals surface area contributed by atoms with E-state index in [1.54, 1.807) is 11.8 Å². The first-order chi connectivity index (χ1) is 11.0. The van der Waals surface area contributed by atoms with Crippen LogP contribution in [0.15, 0.2) is 28.8 Å². The minimum absolute atomic E-state index is 0.0128. The lowest BCUT2D eigenvalue weighted by atomic mass is 10.1. The van der Waals surface area contributed by atoms with Crippen molar-refractivity contribution < 1.29 is 9.32 Å². The summed E-state index contributed by atoms with van der Waals surface area (Å²) in [5, 5.41) is 9.77. The van der Waals surface area contributed by atoms with Gasteiger partial charge in [-0.1, -0.05) is 17.3 Å². The van der Waals surface area contributed by atoms with E-state index in [4.69, 9.17) is 4.52 Å². The number of thioether (sulfide) groups is 1. The van der Waals surface area contributed by atoms with Crippen molar-refractivity contribution in [3.8, 4) is 0 Å². The number of carbonyl (C=O) groups is 1. The van der Waals surface area contributed by atoms with Crippen molar-refractivity contribution in [2.24, 2.45) is 0 Å². The highest BCUT2D eigenvalue weighted by Gasteiger charge is 2.14. The summed E-state index contributed by atoms with van der Waals surface area (Å²) in [4.78, 5) is 12.1. The zero-order valence-electron chi connectivity index (χ0n) is 14.0. The number of benzene rings is 1. The Hall–Kier alpha value is -1.95. The van der Waals surface area contributed by atoms with Gasteiger partial charge in [-0.15, -0.1) is 0 Å². The summed E-state index contributed by atoms with van der Waals surface area (Å²) in [6.45, 7) is 5.77. The summed E-state index contributed by atoms with van der Waals surface area (Å²) < 4.78 is 5.15. The normalized spacial score (nSPS) is 12.0. The fraction of sp³-hybridized carbons (Fsp3) is 0.412. The van der Waals surface area contributed by atoms with E-state index < -0.39 is 0 Å². The number of aryl methyl sites for hydroxylation is 2. The van der Waals surface area contributed by atoms with E-state index in [-0.39, 0.29) is 12.1 Å². The van der Waals surface area contributed by atoms with Gasteiger partial charge in [0, 0.05) is 23.0 Å². The lowest BCUT2D eigenvalue weighted by molar-refractivity contribution is 0.249. The van der Waals surface area contributed by atoms with Gasteiger partial charge in [-0.3, -0.25) is 0 Å². The molecule has 23 heavy (non-hydrogen) atoms. The molecular formula is C17H23N3O2S.